The average molecular weight is 222 g/mol. The van der Waals surface area contributed by atoms with Crippen LogP contribution in [-0.4, -0.2) is 29.9 Å². The van der Waals surface area contributed by atoms with Gasteiger partial charge in [-0.05, 0) is 44.6 Å². The van der Waals surface area contributed by atoms with Gasteiger partial charge in [0.2, 0.25) is 5.91 Å². The lowest BCUT2D eigenvalue weighted by Crippen LogP contribution is -2.42. The van der Waals surface area contributed by atoms with Gasteiger partial charge in [-0.3, -0.25) is 4.79 Å². The summed E-state index contributed by atoms with van der Waals surface area (Å²) < 4.78 is 0. The van der Waals surface area contributed by atoms with Crippen molar-refractivity contribution in [3.05, 3.63) is 0 Å². The highest BCUT2D eigenvalue weighted by Crippen LogP contribution is 2.48. The van der Waals surface area contributed by atoms with E-state index in [1.165, 1.54) is 32.1 Å². The van der Waals surface area contributed by atoms with Gasteiger partial charge in [-0.2, -0.15) is 0 Å². The largest absolute Gasteiger partial charge is 0.339 e. The molecule has 2 atom stereocenters. The minimum atomic E-state index is 0.291. The van der Waals surface area contributed by atoms with Gasteiger partial charge < -0.3 is 10.6 Å². The molecule has 1 heterocycles. The zero-order valence-corrected chi connectivity index (χ0v) is 9.95. The van der Waals surface area contributed by atoms with Crippen LogP contribution in [0, 0.1) is 11.3 Å². The van der Waals surface area contributed by atoms with Crippen LogP contribution in [0.1, 0.15) is 44.9 Å². The van der Waals surface area contributed by atoms with E-state index in [0.29, 0.717) is 23.3 Å². The third kappa shape index (κ3) is 1.56. The van der Waals surface area contributed by atoms with Crippen molar-refractivity contribution in [2.45, 2.75) is 51.0 Å². The van der Waals surface area contributed by atoms with Gasteiger partial charge in [-0.25, -0.2) is 0 Å². The fraction of sp³-hybridized carbons (Fsp3) is 0.923. The van der Waals surface area contributed by atoms with Gasteiger partial charge in [0.05, 0.1) is 0 Å². The summed E-state index contributed by atoms with van der Waals surface area (Å²) in [6.45, 7) is 1.73. The highest BCUT2D eigenvalue weighted by Gasteiger charge is 2.50. The lowest BCUT2D eigenvalue weighted by atomic mass is 9.82. The Labute approximate surface area is 97.4 Å². The van der Waals surface area contributed by atoms with E-state index in [4.69, 9.17) is 5.73 Å². The number of carbonyl (C=O) groups is 1. The van der Waals surface area contributed by atoms with E-state index in [-0.39, 0.29) is 0 Å². The lowest BCUT2D eigenvalue weighted by Gasteiger charge is -2.31. The van der Waals surface area contributed by atoms with Crippen molar-refractivity contribution in [3.63, 3.8) is 0 Å². The molecule has 0 radical (unpaired) electrons. The maximum absolute atomic E-state index is 12.2. The molecule has 90 valence electrons. The average Bonchev–Trinajstić information content (AvgIpc) is 2.88. The zero-order chi connectivity index (χ0) is 11.2. The van der Waals surface area contributed by atoms with Gasteiger partial charge in [-0.1, -0.05) is 6.42 Å². The summed E-state index contributed by atoms with van der Waals surface area (Å²) in [5, 5.41) is 0. The number of fused-ring (bicyclic) bond motifs is 1. The second-order valence-corrected chi connectivity index (χ2v) is 5.96. The first-order chi connectivity index (χ1) is 7.75. The molecule has 1 saturated heterocycles. The zero-order valence-electron chi connectivity index (χ0n) is 9.95. The maximum Gasteiger partial charge on any atom is 0.223 e. The SMILES string of the molecule is NC[C@]12CCC[C@H]1N(C(=O)CC1CC1)CC2. The van der Waals surface area contributed by atoms with Crippen molar-refractivity contribution >= 4 is 5.91 Å². The summed E-state index contributed by atoms with van der Waals surface area (Å²) in [5.74, 6) is 1.12. The van der Waals surface area contributed by atoms with Crippen LogP contribution in [0.2, 0.25) is 0 Å². The van der Waals surface area contributed by atoms with Gasteiger partial charge in [0, 0.05) is 24.4 Å². The van der Waals surface area contributed by atoms with Crippen molar-refractivity contribution < 1.29 is 4.79 Å². The number of hydrogen-bond donors (Lipinski definition) is 1. The van der Waals surface area contributed by atoms with Gasteiger partial charge in [-0.15, -0.1) is 0 Å². The predicted molar refractivity (Wildman–Crippen MR) is 62.8 cm³/mol. The molecule has 3 fully saturated rings. The number of hydrogen-bond acceptors (Lipinski definition) is 2. The third-order valence-electron chi connectivity index (χ3n) is 4.97. The normalized spacial score (nSPS) is 37.8. The van der Waals surface area contributed by atoms with E-state index in [1.54, 1.807) is 0 Å². The molecule has 0 spiro atoms. The molecule has 0 aromatic rings. The van der Waals surface area contributed by atoms with E-state index in [2.05, 4.69) is 4.90 Å². The fourth-order valence-electron chi connectivity index (χ4n) is 3.72. The number of carbonyl (C=O) groups excluding carboxylic acids is 1. The maximum atomic E-state index is 12.2. The molecule has 3 heteroatoms. The Bertz CT molecular complexity index is 300. The molecule has 0 aromatic carbocycles. The highest BCUT2D eigenvalue weighted by atomic mass is 16.2. The topological polar surface area (TPSA) is 46.3 Å². The fourth-order valence-corrected chi connectivity index (χ4v) is 3.72. The summed E-state index contributed by atoms with van der Waals surface area (Å²) in [6, 6.07) is 0.476. The van der Waals surface area contributed by atoms with Crippen molar-refractivity contribution in [2.75, 3.05) is 13.1 Å². The van der Waals surface area contributed by atoms with Gasteiger partial charge >= 0.3 is 0 Å². The van der Waals surface area contributed by atoms with Crippen LogP contribution in [0.25, 0.3) is 0 Å². The Balaban J connectivity index is 1.70. The molecule has 0 bridgehead atoms. The lowest BCUT2D eigenvalue weighted by molar-refractivity contribution is -0.133. The second-order valence-electron chi connectivity index (χ2n) is 5.96. The van der Waals surface area contributed by atoms with Crippen LogP contribution in [0.5, 0.6) is 0 Å². The van der Waals surface area contributed by atoms with E-state index in [0.717, 1.165) is 25.9 Å². The van der Waals surface area contributed by atoms with Crippen molar-refractivity contribution in [2.24, 2.45) is 17.1 Å². The number of likely N-dealkylation sites (tertiary alicyclic amines) is 1. The molecule has 1 aliphatic heterocycles. The molecular weight excluding hydrogens is 200 g/mol. The van der Waals surface area contributed by atoms with Crippen LogP contribution >= 0.6 is 0 Å². The van der Waals surface area contributed by atoms with Crippen LogP contribution in [0.15, 0.2) is 0 Å². The monoisotopic (exact) mass is 222 g/mol. The van der Waals surface area contributed by atoms with Crippen molar-refractivity contribution in [1.29, 1.82) is 0 Å². The van der Waals surface area contributed by atoms with Gasteiger partial charge in [0.1, 0.15) is 0 Å². The van der Waals surface area contributed by atoms with Gasteiger partial charge in [0.25, 0.3) is 0 Å². The highest BCUT2D eigenvalue weighted by molar-refractivity contribution is 5.77. The quantitative estimate of drug-likeness (QED) is 0.787. The molecular formula is C13H22N2O. The van der Waals surface area contributed by atoms with Crippen molar-refractivity contribution in [1.82, 2.24) is 4.90 Å². The molecule has 0 aromatic heterocycles. The minimum absolute atomic E-state index is 0.291. The summed E-state index contributed by atoms with van der Waals surface area (Å²) >= 11 is 0. The molecule has 2 N–H and O–H groups in total. The summed E-state index contributed by atoms with van der Waals surface area (Å²) in [4.78, 5) is 14.3. The molecule has 2 saturated carbocycles. The van der Waals surface area contributed by atoms with E-state index in [1.807, 2.05) is 0 Å². The summed E-state index contributed by atoms with van der Waals surface area (Å²) in [5.41, 5.74) is 6.24. The van der Waals surface area contributed by atoms with Crippen LogP contribution < -0.4 is 5.73 Å². The van der Waals surface area contributed by atoms with Crippen LogP contribution in [-0.2, 0) is 4.79 Å². The number of amides is 1. The summed E-state index contributed by atoms with van der Waals surface area (Å²) in [7, 11) is 0. The van der Waals surface area contributed by atoms with Crippen molar-refractivity contribution in [3.8, 4) is 0 Å². The summed E-state index contributed by atoms with van der Waals surface area (Å²) in [6.07, 6.45) is 8.17. The third-order valence-corrected chi connectivity index (χ3v) is 4.97. The molecule has 1 amide bonds. The Morgan fingerprint density at radius 2 is 2.12 bits per heavy atom. The Morgan fingerprint density at radius 3 is 2.81 bits per heavy atom. The number of nitrogens with zero attached hydrogens (tertiary/aromatic N) is 1. The predicted octanol–water partition coefficient (Wildman–Crippen LogP) is 1.52. The second kappa shape index (κ2) is 3.73. The first-order valence-corrected chi connectivity index (χ1v) is 6.75. The van der Waals surface area contributed by atoms with E-state index < -0.39 is 0 Å². The molecule has 3 rings (SSSR count). The Morgan fingerprint density at radius 1 is 1.31 bits per heavy atom. The van der Waals surface area contributed by atoms with E-state index >= 15 is 0 Å². The smallest absolute Gasteiger partial charge is 0.223 e. The Kier molecular flexibility index (Phi) is 2.46. The standard InChI is InChI=1S/C13H22N2O/c14-9-13-5-1-2-11(13)15(7-6-13)12(16)8-10-3-4-10/h10-11H,1-9,14H2/t11-,13-/m1/s1. The number of nitrogens with two attached hydrogens (primary N) is 1. The number of rotatable bonds is 3. The first-order valence-electron chi connectivity index (χ1n) is 6.75. The Hall–Kier alpha value is -0.570. The van der Waals surface area contributed by atoms with Gasteiger partial charge in [0.15, 0.2) is 0 Å². The molecule has 2 aliphatic carbocycles. The van der Waals surface area contributed by atoms with E-state index in [9.17, 15) is 4.79 Å². The molecule has 16 heavy (non-hydrogen) atoms. The van der Waals surface area contributed by atoms with Crippen LogP contribution in [0.4, 0.5) is 0 Å². The molecule has 0 unspecified atom stereocenters. The minimum Gasteiger partial charge on any atom is -0.339 e. The first kappa shape index (κ1) is 10.6. The molecule has 3 aliphatic rings. The van der Waals surface area contributed by atoms with Crippen LogP contribution in [0.3, 0.4) is 0 Å². The molecule has 3 nitrogen and oxygen atoms in total.